The smallest absolute Gasteiger partial charge is 0.434 e. The second-order valence-electron chi connectivity index (χ2n) is 10.7. The van der Waals surface area contributed by atoms with Crippen LogP contribution in [0.5, 0.6) is 0 Å². The first-order valence-corrected chi connectivity index (χ1v) is 13.5. The summed E-state index contributed by atoms with van der Waals surface area (Å²) in [5.74, 6) is -3.82. The predicted octanol–water partition coefficient (Wildman–Crippen LogP) is 6.75. The molecule has 0 spiro atoms. The highest BCUT2D eigenvalue weighted by molar-refractivity contribution is 5.96. The molecule has 1 saturated carbocycles. The van der Waals surface area contributed by atoms with Gasteiger partial charge in [0.2, 0.25) is 5.62 Å². The van der Waals surface area contributed by atoms with Crippen molar-refractivity contribution in [3.05, 3.63) is 112 Å². The maximum Gasteiger partial charge on any atom is 0.434 e. The van der Waals surface area contributed by atoms with Crippen molar-refractivity contribution in [2.24, 2.45) is 18.0 Å². The van der Waals surface area contributed by atoms with Gasteiger partial charge >= 0.3 is 12.3 Å². The van der Waals surface area contributed by atoms with E-state index in [4.69, 9.17) is 0 Å². The minimum absolute atomic E-state index is 0.0106. The van der Waals surface area contributed by atoms with Crippen LogP contribution in [0.2, 0.25) is 0 Å². The molecule has 0 saturated heterocycles. The Morgan fingerprint density at radius 1 is 1.02 bits per heavy atom. The van der Waals surface area contributed by atoms with E-state index < -0.39 is 63.9 Å². The molecule has 230 valence electrons. The molecule has 0 bridgehead atoms. The van der Waals surface area contributed by atoms with Crippen LogP contribution >= 0.6 is 0 Å². The Bertz CT molecular complexity index is 1840. The van der Waals surface area contributed by atoms with Gasteiger partial charge < -0.3 is 19.6 Å². The quantitative estimate of drug-likeness (QED) is 0.225. The van der Waals surface area contributed by atoms with E-state index in [0.29, 0.717) is 11.1 Å². The third-order valence-electron chi connectivity index (χ3n) is 7.47. The zero-order valence-corrected chi connectivity index (χ0v) is 23.4. The fraction of sp³-hybridized carbons (Fsp3) is 0.258. The number of carbonyl (C=O) groups is 2. The van der Waals surface area contributed by atoms with Crippen LogP contribution in [0.1, 0.15) is 51.5 Å². The number of nitrogens with one attached hydrogen (secondary N) is 1. The van der Waals surface area contributed by atoms with Crippen LogP contribution in [0.25, 0.3) is 11.1 Å². The van der Waals surface area contributed by atoms with Crippen LogP contribution in [-0.2, 0) is 19.8 Å². The molecule has 4 aromatic rings. The number of aryl methyl sites for hydroxylation is 2. The van der Waals surface area contributed by atoms with Crippen molar-refractivity contribution in [3.63, 3.8) is 0 Å². The normalized spacial score (nSPS) is 14.5. The highest BCUT2D eigenvalue weighted by Crippen LogP contribution is 2.42. The summed E-state index contributed by atoms with van der Waals surface area (Å²) in [4.78, 5) is 28.4. The molecule has 2 amide bonds. The molecule has 1 fully saturated rings. The van der Waals surface area contributed by atoms with Gasteiger partial charge in [-0.05, 0) is 78.3 Å². The molecule has 3 aromatic carbocycles. The molecule has 13 heteroatoms. The molecule has 5 rings (SSSR count). The Hall–Kier alpha value is -4.81. The Morgan fingerprint density at radius 3 is 2.39 bits per heavy atom. The standard InChI is InChI=1S/C31H26F6N4O3/c1-16-11-19(5-8-25(16)33)27(18-3-4-18)38-28(42)23-13-17(15-41-10-9-40(2)29(41)39-30(43)44)12-22(26(23)34)21-7-6-20(32)14-24(21)31(35,36)37/h5-14,18,27H,3-4,15H2,1-2H3,(H,38,42)(H,43,44). The summed E-state index contributed by atoms with van der Waals surface area (Å²) in [6, 6.07) is 7.78. The van der Waals surface area contributed by atoms with Gasteiger partial charge in [0.05, 0.1) is 23.7 Å². The summed E-state index contributed by atoms with van der Waals surface area (Å²) in [6.07, 6.45) is -2.10. The number of aromatic nitrogens is 2. The fourth-order valence-corrected chi connectivity index (χ4v) is 5.17. The molecule has 1 atom stereocenters. The van der Waals surface area contributed by atoms with Crippen LogP contribution in [0, 0.1) is 30.3 Å². The van der Waals surface area contributed by atoms with Gasteiger partial charge in [-0.25, -0.2) is 18.0 Å². The van der Waals surface area contributed by atoms with Crippen LogP contribution in [0.4, 0.5) is 31.1 Å². The molecule has 0 aliphatic heterocycles. The second kappa shape index (κ2) is 11.7. The van der Waals surface area contributed by atoms with E-state index in [-0.39, 0.29) is 29.7 Å². The van der Waals surface area contributed by atoms with Gasteiger partial charge in [0.1, 0.15) is 17.5 Å². The minimum atomic E-state index is -5.05. The van der Waals surface area contributed by atoms with Crippen molar-refractivity contribution in [2.45, 2.75) is 38.5 Å². The topological polar surface area (TPSA) is 88.6 Å². The van der Waals surface area contributed by atoms with Gasteiger partial charge in [0.25, 0.3) is 5.91 Å². The number of carbonyl (C=O) groups excluding carboxylic acids is 1. The monoisotopic (exact) mass is 616 g/mol. The number of halogens is 6. The van der Waals surface area contributed by atoms with E-state index in [1.165, 1.54) is 40.7 Å². The SMILES string of the molecule is Cc1cc(C(NC(=O)c2cc(Cn3ccn(C)c3=NC(=O)O)cc(-c3ccc(F)cc3C(F)(F)F)c2F)C2CC2)ccc1F. The number of alkyl halides is 3. The number of hydrogen-bond donors (Lipinski definition) is 2. The van der Waals surface area contributed by atoms with Crippen LogP contribution in [0.3, 0.4) is 0 Å². The third-order valence-corrected chi connectivity index (χ3v) is 7.47. The van der Waals surface area contributed by atoms with Crippen LogP contribution in [-0.4, -0.2) is 26.2 Å². The predicted molar refractivity (Wildman–Crippen MR) is 147 cm³/mol. The summed E-state index contributed by atoms with van der Waals surface area (Å²) in [5, 5.41) is 12.0. The minimum Gasteiger partial charge on any atom is -0.463 e. The molecule has 1 heterocycles. The number of imidazole rings is 1. The summed E-state index contributed by atoms with van der Waals surface area (Å²) in [7, 11) is 1.52. The van der Waals surface area contributed by atoms with Crippen molar-refractivity contribution >= 4 is 12.0 Å². The molecule has 1 aliphatic rings. The molecule has 2 N–H and O–H groups in total. The van der Waals surface area contributed by atoms with E-state index in [1.807, 2.05) is 0 Å². The van der Waals surface area contributed by atoms with Crippen molar-refractivity contribution < 1.29 is 41.0 Å². The number of rotatable bonds is 7. The summed E-state index contributed by atoms with van der Waals surface area (Å²) < 4.78 is 88.7. The molecule has 1 unspecified atom stereocenters. The molecule has 7 nitrogen and oxygen atoms in total. The molecular weight excluding hydrogens is 590 g/mol. The number of carboxylic acid groups (broad SMARTS) is 1. The van der Waals surface area contributed by atoms with E-state index >= 15 is 4.39 Å². The van der Waals surface area contributed by atoms with Crippen molar-refractivity contribution in [1.82, 2.24) is 14.5 Å². The molecule has 1 aliphatic carbocycles. The Labute approximate surface area is 247 Å². The fourth-order valence-electron chi connectivity index (χ4n) is 5.17. The first-order valence-electron chi connectivity index (χ1n) is 13.5. The van der Waals surface area contributed by atoms with Gasteiger partial charge in [-0.1, -0.05) is 18.2 Å². The highest BCUT2D eigenvalue weighted by atomic mass is 19.4. The average molecular weight is 617 g/mol. The van der Waals surface area contributed by atoms with E-state index in [2.05, 4.69) is 10.3 Å². The first-order chi connectivity index (χ1) is 20.7. The third kappa shape index (κ3) is 6.41. The number of amides is 2. The van der Waals surface area contributed by atoms with Crippen molar-refractivity contribution in [2.75, 3.05) is 0 Å². The van der Waals surface area contributed by atoms with Crippen molar-refractivity contribution in [3.8, 4) is 11.1 Å². The lowest BCUT2D eigenvalue weighted by Crippen LogP contribution is -2.31. The average Bonchev–Trinajstić information content (AvgIpc) is 3.74. The Morgan fingerprint density at radius 2 is 1.75 bits per heavy atom. The Balaban J connectivity index is 1.64. The van der Waals surface area contributed by atoms with Gasteiger partial charge in [-0.15, -0.1) is 4.99 Å². The lowest BCUT2D eigenvalue weighted by atomic mass is 9.93. The lowest BCUT2D eigenvalue weighted by molar-refractivity contribution is -0.137. The maximum atomic E-state index is 16.2. The van der Waals surface area contributed by atoms with Crippen LogP contribution in [0.15, 0.2) is 65.9 Å². The molecular formula is C31H26F6N4O3. The summed E-state index contributed by atoms with van der Waals surface area (Å²) in [5.41, 5.74) is -2.26. The van der Waals surface area contributed by atoms with Gasteiger partial charge in [0.15, 0.2) is 0 Å². The highest BCUT2D eigenvalue weighted by Gasteiger charge is 2.37. The maximum absolute atomic E-state index is 16.2. The van der Waals surface area contributed by atoms with Crippen molar-refractivity contribution in [1.29, 1.82) is 0 Å². The zero-order chi connectivity index (χ0) is 31.9. The second-order valence-corrected chi connectivity index (χ2v) is 10.7. The van der Waals surface area contributed by atoms with Gasteiger partial charge in [-0.3, -0.25) is 4.79 Å². The van der Waals surface area contributed by atoms with E-state index in [0.717, 1.165) is 37.1 Å². The van der Waals surface area contributed by atoms with Gasteiger partial charge in [0, 0.05) is 25.0 Å². The lowest BCUT2D eigenvalue weighted by Gasteiger charge is -2.21. The largest absolute Gasteiger partial charge is 0.463 e. The summed E-state index contributed by atoms with van der Waals surface area (Å²) >= 11 is 0. The van der Waals surface area contributed by atoms with Gasteiger partial charge in [-0.2, -0.15) is 13.2 Å². The zero-order valence-electron chi connectivity index (χ0n) is 23.4. The Kier molecular flexibility index (Phi) is 8.15. The summed E-state index contributed by atoms with van der Waals surface area (Å²) in [6.45, 7) is 1.36. The number of nitrogens with zero attached hydrogens (tertiary/aromatic N) is 3. The molecule has 1 aromatic heterocycles. The molecule has 44 heavy (non-hydrogen) atoms. The molecule has 0 radical (unpaired) electrons. The first kappa shape index (κ1) is 30.6. The van der Waals surface area contributed by atoms with E-state index in [9.17, 15) is 36.6 Å². The number of hydrogen-bond acceptors (Lipinski definition) is 2. The van der Waals surface area contributed by atoms with Crippen LogP contribution < -0.4 is 10.9 Å². The number of benzene rings is 3. The van der Waals surface area contributed by atoms with E-state index in [1.54, 1.807) is 13.0 Å².